The number of carbonyl (C=O) groups excluding carboxylic acids is 1. The Balaban J connectivity index is 1.53. The SMILES string of the molecule is COc1ccc(CC(=O)N/N=C/c2cccc(OC3CSC3)c2)cc1OC. The van der Waals surface area contributed by atoms with Gasteiger partial charge in [-0.15, -0.1) is 0 Å². The molecule has 0 unspecified atom stereocenters. The Morgan fingerprint density at radius 3 is 2.70 bits per heavy atom. The molecule has 6 nitrogen and oxygen atoms in total. The second kappa shape index (κ2) is 9.32. The molecule has 142 valence electrons. The highest BCUT2D eigenvalue weighted by atomic mass is 32.2. The van der Waals surface area contributed by atoms with E-state index in [1.54, 1.807) is 32.6 Å². The first kappa shape index (κ1) is 19.1. The third-order valence-corrected chi connectivity index (χ3v) is 5.20. The number of ether oxygens (including phenoxy) is 3. The molecular weight excluding hydrogens is 364 g/mol. The zero-order valence-electron chi connectivity index (χ0n) is 15.3. The summed E-state index contributed by atoms with van der Waals surface area (Å²) in [6.45, 7) is 0. The minimum Gasteiger partial charge on any atom is -0.493 e. The van der Waals surface area contributed by atoms with Gasteiger partial charge in [-0.2, -0.15) is 16.9 Å². The van der Waals surface area contributed by atoms with Gasteiger partial charge in [-0.05, 0) is 35.4 Å². The maximum Gasteiger partial charge on any atom is 0.244 e. The van der Waals surface area contributed by atoms with Crippen molar-refractivity contribution in [2.24, 2.45) is 5.10 Å². The number of rotatable bonds is 8. The summed E-state index contributed by atoms with van der Waals surface area (Å²) in [6.07, 6.45) is 2.10. The third-order valence-electron chi connectivity index (χ3n) is 3.98. The Morgan fingerprint density at radius 2 is 2.00 bits per heavy atom. The number of amides is 1. The Kier molecular flexibility index (Phi) is 6.59. The lowest BCUT2D eigenvalue weighted by molar-refractivity contribution is -0.120. The van der Waals surface area contributed by atoms with Gasteiger partial charge in [-0.1, -0.05) is 18.2 Å². The van der Waals surface area contributed by atoms with E-state index >= 15 is 0 Å². The van der Waals surface area contributed by atoms with Crippen molar-refractivity contribution in [2.45, 2.75) is 12.5 Å². The molecule has 0 saturated carbocycles. The van der Waals surface area contributed by atoms with Gasteiger partial charge in [0.15, 0.2) is 11.5 Å². The van der Waals surface area contributed by atoms with E-state index in [1.165, 1.54) is 0 Å². The highest BCUT2D eigenvalue weighted by molar-refractivity contribution is 8.00. The monoisotopic (exact) mass is 386 g/mol. The number of hydrogen-bond donors (Lipinski definition) is 1. The minimum absolute atomic E-state index is 0.195. The second-order valence-corrected chi connectivity index (χ2v) is 7.08. The van der Waals surface area contributed by atoms with Crippen LogP contribution < -0.4 is 19.6 Å². The lowest BCUT2D eigenvalue weighted by Crippen LogP contribution is -2.31. The average molecular weight is 386 g/mol. The zero-order valence-corrected chi connectivity index (χ0v) is 16.1. The highest BCUT2D eigenvalue weighted by Crippen LogP contribution is 2.27. The molecule has 1 fully saturated rings. The van der Waals surface area contributed by atoms with Crippen molar-refractivity contribution in [2.75, 3.05) is 25.7 Å². The summed E-state index contributed by atoms with van der Waals surface area (Å²) >= 11 is 1.88. The molecule has 2 aromatic carbocycles. The molecule has 0 spiro atoms. The van der Waals surface area contributed by atoms with Crippen LogP contribution in [0.25, 0.3) is 0 Å². The van der Waals surface area contributed by atoms with Gasteiger partial charge in [0.05, 0.1) is 26.9 Å². The molecule has 1 aliphatic heterocycles. The summed E-state index contributed by atoms with van der Waals surface area (Å²) in [5.74, 6) is 3.89. The normalized spacial score (nSPS) is 13.9. The van der Waals surface area contributed by atoms with Gasteiger partial charge >= 0.3 is 0 Å². The van der Waals surface area contributed by atoms with Crippen LogP contribution in [0.15, 0.2) is 47.6 Å². The smallest absolute Gasteiger partial charge is 0.244 e. The fourth-order valence-corrected chi connectivity index (χ4v) is 3.10. The quantitative estimate of drug-likeness (QED) is 0.558. The lowest BCUT2D eigenvalue weighted by Gasteiger charge is -2.25. The predicted octanol–water partition coefficient (Wildman–Crippen LogP) is 2.89. The van der Waals surface area contributed by atoms with Crippen molar-refractivity contribution in [3.05, 3.63) is 53.6 Å². The number of thioether (sulfide) groups is 1. The maximum atomic E-state index is 12.1. The predicted molar refractivity (Wildman–Crippen MR) is 107 cm³/mol. The highest BCUT2D eigenvalue weighted by Gasteiger charge is 2.19. The van der Waals surface area contributed by atoms with Crippen molar-refractivity contribution in [1.29, 1.82) is 0 Å². The number of methoxy groups -OCH3 is 2. The minimum atomic E-state index is -0.211. The van der Waals surface area contributed by atoms with Crippen LogP contribution in [0.1, 0.15) is 11.1 Å². The fourth-order valence-electron chi connectivity index (χ4n) is 2.54. The number of hydrogen-bond acceptors (Lipinski definition) is 6. The van der Waals surface area contributed by atoms with E-state index in [0.29, 0.717) is 17.6 Å². The molecule has 0 aliphatic carbocycles. The topological polar surface area (TPSA) is 69.2 Å². The first-order chi connectivity index (χ1) is 13.2. The van der Waals surface area contributed by atoms with E-state index in [-0.39, 0.29) is 12.3 Å². The Bertz CT molecular complexity index is 821. The van der Waals surface area contributed by atoms with E-state index in [2.05, 4.69) is 10.5 Å². The van der Waals surface area contributed by atoms with Crippen LogP contribution in [0, 0.1) is 0 Å². The van der Waals surface area contributed by atoms with Gasteiger partial charge in [0.2, 0.25) is 5.91 Å². The van der Waals surface area contributed by atoms with Crippen LogP contribution in [0.3, 0.4) is 0 Å². The van der Waals surface area contributed by atoms with Gasteiger partial charge < -0.3 is 14.2 Å². The van der Waals surface area contributed by atoms with Crippen LogP contribution in [0.4, 0.5) is 0 Å². The molecule has 0 radical (unpaired) electrons. The molecule has 1 amide bonds. The van der Waals surface area contributed by atoms with Crippen molar-refractivity contribution >= 4 is 23.9 Å². The van der Waals surface area contributed by atoms with E-state index in [0.717, 1.165) is 28.4 Å². The number of hydrazone groups is 1. The van der Waals surface area contributed by atoms with Crippen molar-refractivity contribution in [3.63, 3.8) is 0 Å². The Morgan fingerprint density at radius 1 is 1.19 bits per heavy atom. The molecule has 7 heteroatoms. The van der Waals surface area contributed by atoms with Gasteiger partial charge in [0.25, 0.3) is 0 Å². The second-order valence-electron chi connectivity index (χ2n) is 6.01. The molecule has 27 heavy (non-hydrogen) atoms. The maximum absolute atomic E-state index is 12.1. The molecule has 2 aromatic rings. The third kappa shape index (κ3) is 5.40. The van der Waals surface area contributed by atoms with Gasteiger partial charge in [-0.3, -0.25) is 4.79 Å². The molecule has 0 atom stereocenters. The van der Waals surface area contributed by atoms with Crippen molar-refractivity contribution < 1.29 is 19.0 Å². The van der Waals surface area contributed by atoms with Gasteiger partial charge in [0.1, 0.15) is 11.9 Å². The van der Waals surface area contributed by atoms with Crippen LogP contribution in [-0.2, 0) is 11.2 Å². The van der Waals surface area contributed by atoms with Crippen molar-refractivity contribution in [3.8, 4) is 17.2 Å². The van der Waals surface area contributed by atoms with Crippen LogP contribution in [0.5, 0.6) is 17.2 Å². The molecule has 1 heterocycles. The number of nitrogens with one attached hydrogen (secondary N) is 1. The standard InChI is InChI=1S/C20H22N2O4S/c1-24-18-7-6-14(9-19(18)25-2)10-20(23)22-21-11-15-4-3-5-16(8-15)26-17-12-27-13-17/h3-9,11,17H,10,12-13H2,1-2H3,(H,22,23)/b21-11+. The molecule has 0 bridgehead atoms. The summed E-state index contributed by atoms with van der Waals surface area (Å²) in [6, 6.07) is 13.0. The zero-order chi connectivity index (χ0) is 19.1. The Labute approximate surface area is 162 Å². The first-order valence-corrected chi connectivity index (χ1v) is 9.70. The Hall–Kier alpha value is -2.67. The van der Waals surface area contributed by atoms with E-state index in [9.17, 15) is 4.79 Å². The average Bonchev–Trinajstić information content (AvgIpc) is 2.65. The van der Waals surface area contributed by atoms with Crippen LogP contribution in [-0.4, -0.2) is 44.0 Å². The fraction of sp³-hybridized carbons (Fsp3) is 0.300. The number of benzene rings is 2. The summed E-state index contributed by atoms with van der Waals surface area (Å²) in [4.78, 5) is 12.1. The summed E-state index contributed by atoms with van der Waals surface area (Å²) < 4.78 is 16.3. The largest absolute Gasteiger partial charge is 0.493 e. The molecule has 1 saturated heterocycles. The molecule has 1 aliphatic rings. The molecule has 0 aromatic heterocycles. The van der Waals surface area contributed by atoms with E-state index in [1.807, 2.05) is 42.1 Å². The van der Waals surface area contributed by atoms with Crippen LogP contribution in [0.2, 0.25) is 0 Å². The van der Waals surface area contributed by atoms with Gasteiger partial charge in [-0.25, -0.2) is 5.43 Å². The van der Waals surface area contributed by atoms with Gasteiger partial charge in [0, 0.05) is 11.5 Å². The first-order valence-electron chi connectivity index (χ1n) is 8.55. The molecular formula is C20H22N2O4S. The summed E-state index contributed by atoms with van der Waals surface area (Å²) in [5, 5.41) is 4.03. The molecule has 3 rings (SSSR count). The lowest BCUT2D eigenvalue weighted by atomic mass is 10.1. The number of nitrogens with zero attached hydrogens (tertiary/aromatic N) is 1. The van der Waals surface area contributed by atoms with E-state index in [4.69, 9.17) is 14.2 Å². The number of carbonyl (C=O) groups is 1. The molecule has 1 N–H and O–H groups in total. The summed E-state index contributed by atoms with van der Waals surface area (Å²) in [7, 11) is 3.14. The van der Waals surface area contributed by atoms with Crippen molar-refractivity contribution in [1.82, 2.24) is 5.43 Å². The summed E-state index contributed by atoms with van der Waals surface area (Å²) in [5.41, 5.74) is 4.22. The van der Waals surface area contributed by atoms with Crippen LogP contribution >= 0.6 is 11.8 Å². The van der Waals surface area contributed by atoms with E-state index < -0.39 is 0 Å².